The van der Waals surface area contributed by atoms with Crippen LogP contribution in [0, 0.1) is 0 Å². The average Bonchev–Trinajstić information content (AvgIpc) is 3.12. The van der Waals surface area contributed by atoms with Gasteiger partial charge in [0.1, 0.15) is 17.5 Å². The second kappa shape index (κ2) is 9.64. The number of allylic oxidation sites excluding steroid dienone is 1. The first-order chi connectivity index (χ1) is 16.3. The molecule has 3 aromatic rings. The van der Waals surface area contributed by atoms with Gasteiger partial charge in [-0.15, -0.1) is 0 Å². The standard InChI is InChI=1S/C25H25N3O5S/c1-14(2)33-24(30)21-15(3)27-25-28(22(21)18-12-17(31-4)8-9-19(18)32-5)23(29)20(34-25)11-16-7-6-10-26-13-16/h6-14,22H,1-5H3/b20-11+/t22-/m1/s1. The summed E-state index contributed by atoms with van der Waals surface area (Å²) in [6.07, 6.45) is 4.78. The third-order valence-corrected chi connectivity index (χ3v) is 6.28. The van der Waals surface area contributed by atoms with Crippen molar-refractivity contribution < 1.29 is 19.0 Å². The summed E-state index contributed by atoms with van der Waals surface area (Å²) in [5, 5.41) is 0. The Labute approximate surface area is 200 Å². The molecule has 0 bridgehead atoms. The first kappa shape index (κ1) is 23.4. The molecule has 176 valence electrons. The molecule has 1 aliphatic heterocycles. The van der Waals surface area contributed by atoms with Crippen molar-refractivity contribution in [3.05, 3.63) is 84.8 Å². The second-order valence-electron chi connectivity index (χ2n) is 7.93. The molecule has 0 spiro atoms. The van der Waals surface area contributed by atoms with Crippen LogP contribution in [0.3, 0.4) is 0 Å². The Morgan fingerprint density at radius 2 is 2.00 bits per heavy atom. The number of thiazole rings is 1. The molecule has 0 saturated heterocycles. The van der Waals surface area contributed by atoms with Gasteiger partial charge in [0.05, 0.1) is 36.1 Å². The van der Waals surface area contributed by atoms with Crippen LogP contribution in [0.1, 0.15) is 37.9 Å². The van der Waals surface area contributed by atoms with Crippen LogP contribution in [0.2, 0.25) is 0 Å². The van der Waals surface area contributed by atoms with E-state index < -0.39 is 12.0 Å². The second-order valence-corrected chi connectivity index (χ2v) is 8.94. The third kappa shape index (κ3) is 4.38. The number of rotatable bonds is 6. The van der Waals surface area contributed by atoms with Crippen LogP contribution < -0.4 is 24.4 Å². The molecule has 4 rings (SSSR count). The number of esters is 1. The van der Waals surface area contributed by atoms with Crippen LogP contribution in [0.5, 0.6) is 11.5 Å². The number of aromatic nitrogens is 2. The van der Waals surface area contributed by atoms with Crippen molar-refractivity contribution in [1.82, 2.24) is 9.55 Å². The van der Waals surface area contributed by atoms with Gasteiger partial charge in [-0.25, -0.2) is 9.79 Å². The maximum Gasteiger partial charge on any atom is 0.338 e. The number of nitrogens with zero attached hydrogens (tertiary/aromatic N) is 3. The number of carbonyl (C=O) groups excluding carboxylic acids is 1. The Kier molecular flexibility index (Phi) is 6.65. The molecule has 1 atom stereocenters. The molecule has 0 fully saturated rings. The van der Waals surface area contributed by atoms with Crippen LogP contribution in [0.25, 0.3) is 6.08 Å². The molecule has 2 aromatic heterocycles. The minimum Gasteiger partial charge on any atom is -0.497 e. The number of fused-ring (bicyclic) bond motifs is 1. The number of methoxy groups -OCH3 is 2. The summed E-state index contributed by atoms with van der Waals surface area (Å²) in [6.45, 7) is 5.30. The van der Waals surface area contributed by atoms with Crippen molar-refractivity contribution in [3.63, 3.8) is 0 Å². The van der Waals surface area contributed by atoms with E-state index in [1.165, 1.54) is 15.9 Å². The molecule has 0 N–H and O–H groups in total. The van der Waals surface area contributed by atoms with Gasteiger partial charge in [-0.2, -0.15) is 0 Å². The van der Waals surface area contributed by atoms with Crippen LogP contribution in [-0.2, 0) is 9.53 Å². The van der Waals surface area contributed by atoms with Gasteiger partial charge in [-0.1, -0.05) is 17.4 Å². The van der Waals surface area contributed by atoms with Crippen LogP contribution in [-0.4, -0.2) is 35.8 Å². The fraction of sp³-hybridized carbons (Fsp3) is 0.280. The molecule has 8 nitrogen and oxygen atoms in total. The lowest BCUT2D eigenvalue weighted by Gasteiger charge is -2.26. The van der Waals surface area contributed by atoms with Crippen LogP contribution in [0.15, 0.2) is 63.8 Å². The predicted octanol–water partition coefficient (Wildman–Crippen LogP) is 2.60. The Bertz CT molecular complexity index is 1440. The summed E-state index contributed by atoms with van der Waals surface area (Å²) in [7, 11) is 3.10. The van der Waals surface area contributed by atoms with E-state index in [-0.39, 0.29) is 17.2 Å². The predicted molar refractivity (Wildman–Crippen MR) is 129 cm³/mol. The van der Waals surface area contributed by atoms with Gasteiger partial charge in [-0.3, -0.25) is 14.3 Å². The summed E-state index contributed by atoms with van der Waals surface area (Å²) in [4.78, 5) is 36.1. The normalized spacial score (nSPS) is 15.7. The first-order valence-corrected chi connectivity index (χ1v) is 11.5. The highest BCUT2D eigenvalue weighted by atomic mass is 32.1. The van der Waals surface area contributed by atoms with E-state index in [1.54, 1.807) is 77.7 Å². The summed E-state index contributed by atoms with van der Waals surface area (Å²) >= 11 is 1.25. The van der Waals surface area contributed by atoms with Crippen LogP contribution >= 0.6 is 11.3 Å². The summed E-state index contributed by atoms with van der Waals surface area (Å²) in [5.74, 6) is 0.546. The highest BCUT2D eigenvalue weighted by Gasteiger charge is 2.35. The molecule has 1 aliphatic rings. The quantitative estimate of drug-likeness (QED) is 0.505. The van der Waals surface area contributed by atoms with Gasteiger partial charge in [0, 0.05) is 18.0 Å². The lowest BCUT2D eigenvalue weighted by Crippen LogP contribution is -2.40. The van der Waals surface area contributed by atoms with Crippen molar-refractivity contribution in [2.75, 3.05) is 14.2 Å². The Morgan fingerprint density at radius 1 is 1.21 bits per heavy atom. The molecule has 3 heterocycles. The van der Waals surface area contributed by atoms with Crippen molar-refractivity contribution in [3.8, 4) is 11.5 Å². The smallest absolute Gasteiger partial charge is 0.338 e. The van der Waals surface area contributed by atoms with E-state index in [9.17, 15) is 9.59 Å². The lowest BCUT2D eigenvalue weighted by atomic mass is 9.94. The van der Waals surface area contributed by atoms with Crippen molar-refractivity contribution in [2.24, 2.45) is 4.99 Å². The SMILES string of the molecule is COc1ccc(OC)c([C@@H]2C(C(=O)OC(C)C)=C(C)N=c3s/c(=C/c4cccnc4)c(=O)n32)c1. The van der Waals surface area contributed by atoms with Gasteiger partial charge in [0.2, 0.25) is 0 Å². The Morgan fingerprint density at radius 3 is 2.65 bits per heavy atom. The number of benzene rings is 1. The van der Waals surface area contributed by atoms with E-state index in [2.05, 4.69) is 9.98 Å². The van der Waals surface area contributed by atoms with E-state index in [1.807, 2.05) is 6.07 Å². The minimum atomic E-state index is -0.802. The highest BCUT2D eigenvalue weighted by Crippen LogP contribution is 2.37. The van der Waals surface area contributed by atoms with Gasteiger partial charge in [-0.05, 0) is 56.7 Å². The molecular weight excluding hydrogens is 454 g/mol. The van der Waals surface area contributed by atoms with Crippen molar-refractivity contribution >= 4 is 23.4 Å². The summed E-state index contributed by atoms with van der Waals surface area (Å²) in [6, 6.07) is 8.14. The van der Waals surface area contributed by atoms with Gasteiger partial charge in [0.15, 0.2) is 4.80 Å². The zero-order chi connectivity index (χ0) is 24.4. The van der Waals surface area contributed by atoms with Crippen molar-refractivity contribution in [2.45, 2.75) is 32.9 Å². The molecule has 0 amide bonds. The zero-order valence-electron chi connectivity index (χ0n) is 19.6. The number of hydrogen-bond acceptors (Lipinski definition) is 8. The fourth-order valence-electron chi connectivity index (χ4n) is 3.82. The summed E-state index contributed by atoms with van der Waals surface area (Å²) in [5.41, 5.74) is 1.87. The van der Waals surface area contributed by atoms with Crippen molar-refractivity contribution in [1.29, 1.82) is 0 Å². The Hall–Kier alpha value is -3.72. The number of pyridine rings is 1. The number of ether oxygens (including phenoxy) is 3. The molecule has 9 heteroatoms. The highest BCUT2D eigenvalue weighted by molar-refractivity contribution is 7.07. The largest absolute Gasteiger partial charge is 0.497 e. The zero-order valence-corrected chi connectivity index (χ0v) is 20.4. The van der Waals surface area contributed by atoms with E-state index in [0.717, 1.165) is 5.56 Å². The average molecular weight is 480 g/mol. The Balaban J connectivity index is 2.02. The monoisotopic (exact) mass is 479 g/mol. The van der Waals surface area contributed by atoms with E-state index in [4.69, 9.17) is 14.2 Å². The minimum absolute atomic E-state index is 0.273. The number of hydrogen-bond donors (Lipinski definition) is 0. The fourth-order valence-corrected chi connectivity index (χ4v) is 4.87. The molecule has 1 aromatic carbocycles. The molecule has 0 unspecified atom stereocenters. The number of carbonyl (C=O) groups is 1. The van der Waals surface area contributed by atoms with Gasteiger partial charge < -0.3 is 14.2 Å². The molecule has 0 aliphatic carbocycles. The van der Waals surface area contributed by atoms with E-state index >= 15 is 0 Å². The molecular formula is C25H25N3O5S. The van der Waals surface area contributed by atoms with Gasteiger partial charge in [0.25, 0.3) is 5.56 Å². The van der Waals surface area contributed by atoms with E-state index in [0.29, 0.717) is 32.1 Å². The summed E-state index contributed by atoms with van der Waals surface area (Å²) < 4.78 is 18.6. The third-order valence-electron chi connectivity index (χ3n) is 5.30. The van der Waals surface area contributed by atoms with Crippen LogP contribution in [0.4, 0.5) is 0 Å². The van der Waals surface area contributed by atoms with Gasteiger partial charge >= 0.3 is 5.97 Å². The molecule has 0 saturated carbocycles. The topological polar surface area (TPSA) is 92.0 Å². The molecule has 0 radical (unpaired) electrons. The maximum atomic E-state index is 13.7. The lowest BCUT2D eigenvalue weighted by molar-refractivity contribution is -0.143. The molecule has 34 heavy (non-hydrogen) atoms. The maximum absolute atomic E-state index is 13.7. The first-order valence-electron chi connectivity index (χ1n) is 10.7.